The number of aryl methyl sites for hydroxylation is 1. The van der Waals surface area contributed by atoms with Gasteiger partial charge in [0.05, 0.1) is 0 Å². The lowest BCUT2D eigenvalue weighted by atomic mass is 10.3. The van der Waals surface area contributed by atoms with Crippen LogP contribution in [0, 0.1) is 10.1 Å². The third-order valence-corrected chi connectivity index (χ3v) is 4.50. The van der Waals surface area contributed by atoms with Crippen LogP contribution in [0.4, 0.5) is 11.6 Å². The molecule has 164 valence electrons. The van der Waals surface area contributed by atoms with Crippen LogP contribution in [0.2, 0.25) is 0 Å². The number of imidazole rings is 1. The minimum atomic E-state index is -1.23. The molecule has 0 saturated heterocycles. The lowest BCUT2D eigenvalue weighted by molar-refractivity contribution is -0.396. The topological polar surface area (TPSA) is 164 Å². The smallest absolute Gasteiger partial charge is 0.437 e. The fourth-order valence-corrected chi connectivity index (χ4v) is 3.04. The molecule has 2 heterocycles. The Morgan fingerprint density at radius 3 is 2.48 bits per heavy atom. The van der Waals surface area contributed by atoms with Crippen molar-refractivity contribution >= 4 is 28.7 Å². The van der Waals surface area contributed by atoms with Crippen molar-refractivity contribution in [2.24, 2.45) is 14.1 Å². The third kappa shape index (κ3) is 4.30. The molecule has 13 nitrogen and oxygen atoms in total. The van der Waals surface area contributed by atoms with E-state index in [4.69, 9.17) is 4.74 Å². The highest BCUT2D eigenvalue weighted by molar-refractivity contribution is 5.88. The Morgan fingerprint density at radius 2 is 1.90 bits per heavy atom. The summed E-state index contributed by atoms with van der Waals surface area (Å²) in [5.74, 6) is -0.495. The number of carbonyl (C=O) groups is 1. The number of nitrogens with one attached hydrogen (secondary N) is 1. The molecule has 2 N–H and O–H groups in total. The summed E-state index contributed by atoms with van der Waals surface area (Å²) < 4.78 is 8.28. The molecule has 1 amide bonds. The van der Waals surface area contributed by atoms with Crippen molar-refractivity contribution in [2.75, 3.05) is 11.9 Å². The van der Waals surface area contributed by atoms with Crippen LogP contribution in [-0.2, 0) is 25.4 Å². The van der Waals surface area contributed by atoms with Crippen LogP contribution in [0.3, 0.4) is 0 Å². The number of benzene rings is 1. The highest BCUT2D eigenvalue weighted by Crippen LogP contribution is 2.19. The number of hydrogen-bond acceptors (Lipinski definition) is 8. The first-order valence-corrected chi connectivity index (χ1v) is 9.09. The van der Waals surface area contributed by atoms with E-state index in [1.807, 2.05) is 0 Å². The van der Waals surface area contributed by atoms with E-state index >= 15 is 0 Å². The Morgan fingerprint density at radius 1 is 1.26 bits per heavy atom. The maximum absolute atomic E-state index is 12.6. The summed E-state index contributed by atoms with van der Waals surface area (Å²) in [7, 11) is 2.59. The minimum absolute atomic E-state index is 0.151. The molecule has 0 spiro atoms. The van der Waals surface area contributed by atoms with E-state index in [1.54, 1.807) is 24.3 Å². The molecule has 0 aliphatic rings. The van der Waals surface area contributed by atoms with Crippen LogP contribution in [0.15, 0.2) is 33.9 Å². The van der Waals surface area contributed by atoms with Crippen molar-refractivity contribution in [3.8, 4) is 5.75 Å². The third-order valence-electron chi connectivity index (χ3n) is 4.50. The van der Waals surface area contributed by atoms with Gasteiger partial charge in [0.15, 0.2) is 0 Å². The van der Waals surface area contributed by atoms with Crippen molar-refractivity contribution in [3.63, 3.8) is 0 Å². The van der Waals surface area contributed by atoms with Crippen LogP contribution in [-0.4, -0.2) is 47.3 Å². The van der Waals surface area contributed by atoms with Gasteiger partial charge in [0, 0.05) is 26.7 Å². The quantitative estimate of drug-likeness (QED) is 0.381. The Bertz CT molecular complexity index is 1270. The second-order valence-corrected chi connectivity index (χ2v) is 6.83. The molecule has 1 unspecified atom stereocenters. The predicted molar refractivity (Wildman–Crippen MR) is 109 cm³/mol. The van der Waals surface area contributed by atoms with E-state index in [-0.39, 0.29) is 30.2 Å². The molecule has 3 aromatic rings. The van der Waals surface area contributed by atoms with Gasteiger partial charge in [-0.3, -0.25) is 18.7 Å². The Labute approximate surface area is 174 Å². The first-order chi connectivity index (χ1) is 14.6. The molecule has 1 aromatic carbocycles. The average Bonchev–Trinajstić information content (AvgIpc) is 3.09. The number of hydrogen-bond donors (Lipinski definition) is 2. The summed E-state index contributed by atoms with van der Waals surface area (Å²) in [5.41, 5.74) is -1.19. The molecule has 3 rings (SSSR count). The summed E-state index contributed by atoms with van der Waals surface area (Å²) in [6.45, 7) is 0.789. The second kappa shape index (κ2) is 8.39. The average molecular weight is 432 g/mol. The van der Waals surface area contributed by atoms with Crippen molar-refractivity contribution in [1.82, 2.24) is 18.7 Å². The van der Waals surface area contributed by atoms with Gasteiger partial charge in [-0.15, -0.1) is 0 Å². The molecule has 0 radical (unpaired) electrons. The predicted octanol–water partition coefficient (Wildman–Crippen LogP) is -0.260. The highest BCUT2D eigenvalue weighted by Gasteiger charge is 2.29. The van der Waals surface area contributed by atoms with E-state index in [9.17, 15) is 29.6 Å². The molecule has 1 atom stereocenters. The maximum Gasteiger partial charge on any atom is 0.437 e. The lowest BCUT2D eigenvalue weighted by Crippen LogP contribution is -2.38. The monoisotopic (exact) mass is 432 g/mol. The van der Waals surface area contributed by atoms with E-state index < -0.39 is 28.2 Å². The molecule has 13 heteroatoms. The highest BCUT2D eigenvalue weighted by atomic mass is 16.6. The minimum Gasteiger partial charge on any atom is -0.491 e. The maximum atomic E-state index is 12.6. The fraction of sp³-hybridized carbons (Fsp3) is 0.333. The molecule has 0 saturated carbocycles. The molecular formula is C18H20N6O7. The lowest BCUT2D eigenvalue weighted by Gasteiger charge is -2.13. The summed E-state index contributed by atoms with van der Waals surface area (Å²) >= 11 is 0. The number of aromatic nitrogens is 4. The van der Waals surface area contributed by atoms with Gasteiger partial charge < -0.3 is 25.3 Å². The van der Waals surface area contributed by atoms with Gasteiger partial charge in [-0.05, 0) is 34.2 Å². The van der Waals surface area contributed by atoms with Crippen molar-refractivity contribution in [1.29, 1.82) is 0 Å². The van der Waals surface area contributed by atoms with Crippen LogP contribution in [0.25, 0.3) is 11.2 Å². The zero-order valence-electron chi connectivity index (χ0n) is 16.9. The molecule has 0 aliphatic carbocycles. The molecular weight excluding hydrogens is 412 g/mol. The SMILES string of the molecule is CC(=O)Nc1ccc(OCC(O)Cn2c([N+](=O)[O-])nc3c2c(=O)n(C)c(=O)n3C)cc1. The first kappa shape index (κ1) is 21.7. The zero-order chi connectivity index (χ0) is 22.9. The van der Waals surface area contributed by atoms with Crippen molar-refractivity contribution in [2.45, 2.75) is 19.6 Å². The van der Waals surface area contributed by atoms with Gasteiger partial charge >= 0.3 is 11.6 Å². The van der Waals surface area contributed by atoms with Gasteiger partial charge in [-0.2, -0.15) is 0 Å². The number of amides is 1. The van der Waals surface area contributed by atoms with Crippen LogP contribution < -0.4 is 21.3 Å². The number of nitrogens with zero attached hydrogens (tertiary/aromatic N) is 5. The van der Waals surface area contributed by atoms with Gasteiger partial charge in [0.2, 0.25) is 11.4 Å². The fourth-order valence-electron chi connectivity index (χ4n) is 3.04. The van der Waals surface area contributed by atoms with Crippen molar-refractivity contribution < 1.29 is 19.6 Å². The second-order valence-electron chi connectivity index (χ2n) is 6.83. The van der Waals surface area contributed by atoms with Gasteiger partial charge in [-0.25, -0.2) is 9.36 Å². The van der Waals surface area contributed by atoms with Gasteiger partial charge in [0.1, 0.15) is 25.0 Å². The number of aliphatic hydroxyl groups excluding tert-OH is 1. The molecule has 0 fully saturated rings. The summed E-state index contributed by atoms with van der Waals surface area (Å²) in [6, 6.07) is 6.39. The molecule has 2 aromatic heterocycles. The number of ether oxygens (including phenoxy) is 1. The van der Waals surface area contributed by atoms with Gasteiger partial charge in [0.25, 0.3) is 11.2 Å². The summed E-state index contributed by atoms with van der Waals surface area (Å²) in [6.07, 6.45) is -1.23. The number of rotatable bonds is 7. The normalized spacial score (nSPS) is 12.0. The Balaban J connectivity index is 1.84. The number of aliphatic hydroxyl groups is 1. The first-order valence-electron chi connectivity index (χ1n) is 9.09. The summed E-state index contributed by atoms with van der Waals surface area (Å²) in [5, 5.41) is 24.4. The standard InChI is InChI=1S/C18H20N6O7/c1-10(25)19-11-4-6-13(7-5-11)31-9-12(26)8-23-14-15(20-17(23)24(29)30)21(2)18(28)22(3)16(14)27/h4-7,12,26H,8-9H2,1-3H3,(H,19,25). The van der Waals surface area contributed by atoms with Crippen molar-refractivity contribution in [3.05, 3.63) is 55.2 Å². The van der Waals surface area contributed by atoms with Crippen LogP contribution in [0.5, 0.6) is 5.75 Å². The molecule has 0 bridgehead atoms. The number of anilines is 1. The Hall–Kier alpha value is -4.00. The van der Waals surface area contributed by atoms with Crippen LogP contribution in [0.1, 0.15) is 6.92 Å². The number of nitro groups is 1. The molecule has 0 aliphatic heterocycles. The zero-order valence-corrected chi connectivity index (χ0v) is 16.9. The number of carbonyl (C=O) groups excluding carboxylic acids is 1. The Kier molecular flexibility index (Phi) is 5.88. The summed E-state index contributed by atoms with van der Waals surface area (Å²) in [4.78, 5) is 50.1. The van der Waals surface area contributed by atoms with Gasteiger partial charge in [-0.1, -0.05) is 0 Å². The van der Waals surface area contributed by atoms with E-state index in [0.717, 1.165) is 13.7 Å². The number of fused-ring (bicyclic) bond motifs is 1. The molecule has 31 heavy (non-hydrogen) atoms. The van der Waals surface area contributed by atoms with E-state index in [1.165, 1.54) is 21.0 Å². The van der Waals surface area contributed by atoms with E-state index in [2.05, 4.69) is 10.3 Å². The largest absolute Gasteiger partial charge is 0.491 e. The van der Waals surface area contributed by atoms with Crippen LogP contribution >= 0.6 is 0 Å². The van der Waals surface area contributed by atoms with E-state index in [0.29, 0.717) is 11.4 Å².